The topological polar surface area (TPSA) is 86.3 Å². The van der Waals surface area contributed by atoms with Crippen molar-refractivity contribution >= 4 is 4.35 Å². The van der Waals surface area contributed by atoms with E-state index in [2.05, 4.69) is 10.5 Å². The molecule has 1 aliphatic heterocycles. The Labute approximate surface area is 41.3 Å². The number of nitrogens with one attached hydrogen (secondary N) is 1. The summed E-state index contributed by atoms with van der Waals surface area (Å²) in [5.74, 6) is 0. The van der Waals surface area contributed by atoms with E-state index in [0.29, 0.717) is 0 Å². The zero-order chi connectivity index (χ0) is 4.57. The van der Waals surface area contributed by atoms with Gasteiger partial charge in [-0.25, -0.2) is 0 Å². The Bertz CT molecular complexity index is 85.5. The van der Waals surface area contributed by atoms with Crippen molar-refractivity contribution in [2.75, 3.05) is 0 Å². The summed E-state index contributed by atoms with van der Waals surface area (Å²) in [6.07, 6.45) is 0. The van der Waals surface area contributed by atoms with E-state index in [-0.39, 0.29) is 0 Å². The maximum atomic E-state index is 5.25. The molecule has 0 saturated carbocycles. The Morgan fingerprint density at radius 2 is 2.17 bits per heavy atom. The van der Waals surface area contributed by atoms with Gasteiger partial charge in [0.05, 0.1) is 0 Å². The van der Waals surface area contributed by atoms with Gasteiger partial charge in [-0.3, -0.25) is 0 Å². The van der Waals surface area contributed by atoms with Crippen LogP contribution in [0.5, 0.6) is 0 Å². The fourth-order valence-electron chi connectivity index (χ4n) is 0.105. The summed E-state index contributed by atoms with van der Waals surface area (Å²) < 4.78 is 11.4. The number of amidine groups is 1. The molecule has 5 N–H and O–H groups in total. The SMILES string of the molecule is [NH2][Ir]([NH2])[C]1=NN1. The molecule has 5 heteroatoms. The molecule has 0 atom stereocenters. The summed E-state index contributed by atoms with van der Waals surface area (Å²) >= 11 is -1.71. The first-order chi connectivity index (χ1) is 2.80. The van der Waals surface area contributed by atoms with E-state index in [1.54, 1.807) is 0 Å². The fourth-order valence-corrected chi connectivity index (χ4v) is 0.857. The van der Waals surface area contributed by atoms with Gasteiger partial charge >= 0.3 is 40.7 Å². The van der Waals surface area contributed by atoms with Gasteiger partial charge in [0.15, 0.2) is 0 Å². The van der Waals surface area contributed by atoms with E-state index in [1.165, 1.54) is 0 Å². The Kier molecular flexibility index (Phi) is 0.892. The summed E-state index contributed by atoms with van der Waals surface area (Å²) in [5.41, 5.74) is 2.60. The van der Waals surface area contributed by atoms with Crippen molar-refractivity contribution in [1.29, 1.82) is 0 Å². The average molecular weight is 265 g/mol. The van der Waals surface area contributed by atoms with E-state index >= 15 is 0 Å². The van der Waals surface area contributed by atoms with Crippen LogP contribution in [0.2, 0.25) is 0 Å². The molecule has 0 fully saturated rings. The molecule has 38 valence electrons. The third-order valence-electron chi connectivity index (χ3n) is 0.369. The van der Waals surface area contributed by atoms with Gasteiger partial charge in [-0.05, 0) is 0 Å². The summed E-state index contributed by atoms with van der Waals surface area (Å²) in [5, 5.41) is 3.59. The Morgan fingerprint density at radius 3 is 2.17 bits per heavy atom. The van der Waals surface area contributed by atoms with Crippen molar-refractivity contribution in [1.82, 2.24) is 5.43 Å². The summed E-state index contributed by atoms with van der Waals surface area (Å²) in [7, 11) is 0. The van der Waals surface area contributed by atoms with Crippen LogP contribution in [0.3, 0.4) is 0 Å². The fraction of sp³-hybridized carbons (Fsp3) is 0. The molecule has 6 heavy (non-hydrogen) atoms. The van der Waals surface area contributed by atoms with Gasteiger partial charge in [-0.2, -0.15) is 0 Å². The van der Waals surface area contributed by atoms with Crippen molar-refractivity contribution in [3.8, 4) is 0 Å². The van der Waals surface area contributed by atoms with E-state index in [4.69, 9.17) is 8.81 Å². The molecule has 1 rings (SSSR count). The second-order valence-corrected chi connectivity index (χ2v) is 4.11. The molecule has 0 spiro atoms. The Balaban J connectivity index is 2.31. The predicted molar refractivity (Wildman–Crippen MR) is 18.9 cm³/mol. The molecule has 0 amide bonds. The molecular formula is CH5IrN4. The first-order valence-electron chi connectivity index (χ1n) is 1.25. The third-order valence-corrected chi connectivity index (χ3v) is 2.21. The van der Waals surface area contributed by atoms with Crippen LogP contribution in [0, 0.1) is 0 Å². The standard InChI is InChI=1S/CHN2.Ir.2H2N/c1-2-3-1;;;/h(H,2,3);;2*1H2/q;+2;2*-1. The summed E-state index contributed by atoms with van der Waals surface area (Å²) in [4.78, 5) is 0. The molecule has 0 aromatic heterocycles. The molecule has 1 heterocycles. The van der Waals surface area contributed by atoms with Gasteiger partial charge in [0.25, 0.3) is 0 Å². The van der Waals surface area contributed by atoms with Crippen LogP contribution in [0.25, 0.3) is 0 Å². The number of hydrogen-bond donors (Lipinski definition) is 3. The first kappa shape index (κ1) is 4.20. The molecule has 0 aromatic rings. The average Bonchev–Trinajstić information content (AvgIpc) is 2.06. The zero-order valence-electron chi connectivity index (χ0n) is 2.94. The van der Waals surface area contributed by atoms with E-state index in [9.17, 15) is 0 Å². The van der Waals surface area contributed by atoms with Crippen LogP contribution in [-0.2, 0) is 17.0 Å². The van der Waals surface area contributed by atoms with Crippen molar-refractivity contribution < 1.29 is 17.0 Å². The van der Waals surface area contributed by atoms with Gasteiger partial charge in [-0.1, -0.05) is 0 Å². The zero-order valence-corrected chi connectivity index (χ0v) is 5.33. The van der Waals surface area contributed by atoms with Crippen LogP contribution in [0.1, 0.15) is 0 Å². The molecular weight excluding hydrogens is 260 g/mol. The first-order valence-corrected chi connectivity index (χ1v) is 5.21. The summed E-state index contributed by atoms with van der Waals surface area (Å²) in [6.45, 7) is 0. The molecule has 0 aliphatic carbocycles. The second kappa shape index (κ2) is 1.27. The number of hydrazone groups is 1. The van der Waals surface area contributed by atoms with Crippen molar-refractivity contribution in [2.24, 2.45) is 13.9 Å². The number of nitrogens with zero attached hydrogens (tertiary/aromatic N) is 1. The van der Waals surface area contributed by atoms with E-state index in [1.807, 2.05) is 0 Å². The predicted octanol–water partition coefficient (Wildman–Crippen LogP) is -1.77. The molecule has 0 radical (unpaired) electrons. The normalized spacial score (nSPS) is 18.3. The summed E-state index contributed by atoms with van der Waals surface area (Å²) in [6, 6.07) is 0. The third kappa shape index (κ3) is 0.753. The molecule has 1 aliphatic rings. The van der Waals surface area contributed by atoms with Gasteiger partial charge < -0.3 is 0 Å². The number of rotatable bonds is 1. The maximum absolute atomic E-state index is 5.25. The molecule has 0 saturated heterocycles. The van der Waals surface area contributed by atoms with Gasteiger partial charge in [0.2, 0.25) is 0 Å². The monoisotopic (exact) mass is 266 g/mol. The minimum atomic E-state index is -1.71. The van der Waals surface area contributed by atoms with Crippen molar-refractivity contribution in [3.05, 3.63) is 0 Å². The van der Waals surface area contributed by atoms with Crippen LogP contribution < -0.4 is 14.2 Å². The van der Waals surface area contributed by atoms with Crippen LogP contribution in [0.15, 0.2) is 5.10 Å². The van der Waals surface area contributed by atoms with Gasteiger partial charge in [-0.15, -0.1) is 0 Å². The van der Waals surface area contributed by atoms with Crippen LogP contribution >= 0.6 is 0 Å². The molecule has 4 nitrogen and oxygen atoms in total. The molecule has 0 unspecified atom stereocenters. The van der Waals surface area contributed by atoms with Crippen LogP contribution in [0.4, 0.5) is 0 Å². The van der Waals surface area contributed by atoms with E-state index in [0.717, 1.165) is 4.35 Å². The number of hydrogen-bond acceptors (Lipinski definition) is 4. The van der Waals surface area contributed by atoms with Crippen LogP contribution in [-0.4, -0.2) is 4.35 Å². The van der Waals surface area contributed by atoms with Crippen molar-refractivity contribution in [2.45, 2.75) is 0 Å². The Hall–Kier alpha value is 0.0394. The van der Waals surface area contributed by atoms with E-state index < -0.39 is 17.0 Å². The molecule has 0 aromatic carbocycles. The Morgan fingerprint density at radius 1 is 1.67 bits per heavy atom. The van der Waals surface area contributed by atoms with Gasteiger partial charge in [0, 0.05) is 0 Å². The number of nitrogens with two attached hydrogens (primary N) is 2. The second-order valence-electron chi connectivity index (χ2n) is 0.797. The molecule has 0 bridgehead atoms. The van der Waals surface area contributed by atoms with Gasteiger partial charge in [0.1, 0.15) is 0 Å². The minimum absolute atomic E-state index is 0.856. The van der Waals surface area contributed by atoms with Crippen molar-refractivity contribution in [3.63, 3.8) is 0 Å². The quantitative estimate of drug-likeness (QED) is 0.524.